The van der Waals surface area contributed by atoms with E-state index in [-0.39, 0.29) is 19.6 Å². The second-order valence-corrected chi connectivity index (χ2v) is 7.52. The average molecular weight is 360 g/mol. The predicted molar refractivity (Wildman–Crippen MR) is 96.8 cm³/mol. The van der Waals surface area contributed by atoms with Gasteiger partial charge in [0.15, 0.2) is 5.54 Å². The van der Waals surface area contributed by atoms with E-state index in [1.54, 1.807) is 37.8 Å². The monoisotopic (exact) mass is 360 g/mol. The number of hydrogen-bond acceptors (Lipinski definition) is 6. The first-order valence-corrected chi connectivity index (χ1v) is 8.26. The Kier molecular flexibility index (Phi) is 5.03. The van der Waals surface area contributed by atoms with Crippen molar-refractivity contribution in [2.45, 2.75) is 38.8 Å². The van der Waals surface area contributed by atoms with E-state index in [1.165, 1.54) is 17.9 Å². The first kappa shape index (κ1) is 19.4. The summed E-state index contributed by atoms with van der Waals surface area (Å²) in [6, 6.07) is 6.83. The molecule has 0 saturated carbocycles. The van der Waals surface area contributed by atoms with E-state index in [0.717, 1.165) is 0 Å². The van der Waals surface area contributed by atoms with E-state index >= 15 is 0 Å². The molecular formula is C18H24N4O4. The predicted octanol–water partition coefficient (Wildman–Crippen LogP) is 2.04. The number of nitriles is 1. The number of nitrogens with zero attached hydrogens (tertiary/aromatic N) is 3. The first-order valence-electron chi connectivity index (χ1n) is 8.26. The number of hydrogen-bond donors (Lipinski definition) is 2. The Morgan fingerprint density at radius 2 is 2.00 bits per heavy atom. The highest BCUT2D eigenvalue weighted by molar-refractivity contribution is 5.86. The molecule has 3 N–H and O–H groups in total. The van der Waals surface area contributed by atoms with Crippen LogP contribution in [0.4, 0.5) is 16.2 Å². The van der Waals surface area contributed by atoms with Crippen molar-refractivity contribution in [2.24, 2.45) is 0 Å². The third kappa shape index (κ3) is 3.82. The molecule has 0 radical (unpaired) electrons. The van der Waals surface area contributed by atoms with E-state index in [9.17, 15) is 20.0 Å². The SMILES string of the molecule is CC(C)(C)OC(=O)N1CCN(c2ccc(N)cc2C#N)C(C)(C(=O)O)C1. The Morgan fingerprint density at radius 3 is 2.54 bits per heavy atom. The molecule has 8 heteroatoms. The number of amides is 1. The van der Waals surface area contributed by atoms with Crippen LogP contribution < -0.4 is 10.6 Å². The normalized spacial score (nSPS) is 20.4. The second-order valence-electron chi connectivity index (χ2n) is 7.52. The molecule has 2 rings (SSSR count). The number of nitrogen functional groups attached to an aromatic ring is 1. The molecule has 1 amide bonds. The smallest absolute Gasteiger partial charge is 0.410 e. The minimum Gasteiger partial charge on any atom is -0.479 e. The molecule has 8 nitrogen and oxygen atoms in total. The fourth-order valence-corrected chi connectivity index (χ4v) is 2.93. The zero-order valence-corrected chi connectivity index (χ0v) is 15.4. The summed E-state index contributed by atoms with van der Waals surface area (Å²) in [6.45, 7) is 7.27. The van der Waals surface area contributed by atoms with Gasteiger partial charge >= 0.3 is 12.1 Å². The topological polar surface area (TPSA) is 120 Å². The third-order valence-electron chi connectivity index (χ3n) is 4.23. The zero-order chi connectivity index (χ0) is 19.7. The van der Waals surface area contributed by atoms with Crippen molar-refractivity contribution >= 4 is 23.4 Å². The van der Waals surface area contributed by atoms with Gasteiger partial charge in [-0.1, -0.05) is 0 Å². The zero-order valence-electron chi connectivity index (χ0n) is 15.4. The second kappa shape index (κ2) is 6.75. The lowest BCUT2D eigenvalue weighted by Gasteiger charge is -2.47. The summed E-state index contributed by atoms with van der Waals surface area (Å²) in [7, 11) is 0. The van der Waals surface area contributed by atoms with Crippen LogP contribution in [0.2, 0.25) is 0 Å². The molecule has 0 aromatic heterocycles. The Labute approximate surface area is 152 Å². The van der Waals surface area contributed by atoms with Gasteiger partial charge in [-0.2, -0.15) is 5.26 Å². The van der Waals surface area contributed by atoms with Gasteiger partial charge in [0.25, 0.3) is 0 Å². The lowest BCUT2D eigenvalue weighted by Crippen LogP contribution is -2.66. The molecule has 1 fully saturated rings. The number of nitrogens with two attached hydrogens (primary N) is 1. The van der Waals surface area contributed by atoms with Crippen molar-refractivity contribution in [1.29, 1.82) is 5.26 Å². The van der Waals surface area contributed by atoms with Gasteiger partial charge in [-0.15, -0.1) is 0 Å². The summed E-state index contributed by atoms with van der Waals surface area (Å²) in [4.78, 5) is 27.4. The quantitative estimate of drug-likeness (QED) is 0.774. The molecule has 1 saturated heterocycles. The number of anilines is 2. The molecule has 0 bridgehead atoms. The number of piperazine rings is 1. The molecule has 0 aliphatic carbocycles. The number of benzene rings is 1. The van der Waals surface area contributed by atoms with Crippen LogP contribution in [0.3, 0.4) is 0 Å². The summed E-state index contributed by atoms with van der Waals surface area (Å²) in [5.41, 5.74) is 4.85. The molecular weight excluding hydrogens is 336 g/mol. The molecule has 1 aromatic carbocycles. The number of carboxylic acid groups (broad SMARTS) is 1. The molecule has 1 aromatic rings. The van der Waals surface area contributed by atoms with Crippen molar-refractivity contribution in [2.75, 3.05) is 30.3 Å². The fraction of sp³-hybridized carbons (Fsp3) is 0.500. The van der Waals surface area contributed by atoms with Gasteiger partial charge in [0, 0.05) is 18.8 Å². The maximum atomic E-state index is 12.4. The van der Waals surface area contributed by atoms with Crippen molar-refractivity contribution < 1.29 is 19.4 Å². The van der Waals surface area contributed by atoms with Crippen molar-refractivity contribution in [3.8, 4) is 6.07 Å². The maximum absolute atomic E-state index is 12.4. The summed E-state index contributed by atoms with van der Waals surface area (Å²) in [5, 5.41) is 19.2. The van der Waals surface area contributed by atoms with Crippen LogP contribution in [0.25, 0.3) is 0 Å². The summed E-state index contributed by atoms with van der Waals surface area (Å²) in [6.07, 6.45) is -0.553. The van der Waals surface area contributed by atoms with Gasteiger partial charge in [-0.05, 0) is 45.9 Å². The molecule has 1 heterocycles. The van der Waals surface area contributed by atoms with Crippen molar-refractivity contribution in [3.05, 3.63) is 23.8 Å². The molecule has 0 spiro atoms. The van der Waals surface area contributed by atoms with Crippen LogP contribution >= 0.6 is 0 Å². The first-order chi connectivity index (χ1) is 12.0. The Morgan fingerprint density at radius 1 is 1.35 bits per heavy atom. The molecule has 1 atom stereocenters. The van der Waals surface area contributed by atoms with Gasteiger partial charge in [-0.3, -0.25) is 0 Å². The van der Waals surface area contributed by atoms with E-state index in [1.807, 2.05) is 0 Å². The average Bonchev–Trinajstić information content (AvgIpc) is 2.53. The molecule has 26 heavy (non-hydrogen) atoms. The number of aliphatic carboxylic acids is 1. The number of rotatable bonds is 2. The third-order valence-corrected chi connectivity index (χ3v) is 4.23. The van der Waals surface area contributed by atoms with Crippen LogP contribution in [0.15, 0.2) is 18.2 Å². The number of carbonyl (C=O) groups is 2. The van der Waals surface area contributed by atoms with Gasteiger partial charge < -0.3 is 25.4 Å². The number of carbonyl (C=O) groups excluding carboxylic acids is 1. The van der Waals surface area contributed by atoms with Crippen molar-refractivity contribution in [1.82, 2.24) is 4.90 Å². The number of carboxylic acids is 1. The van der Waals surface area contributed by atoms with Gasteiger partial charge in [0.1, 0.15) is 11.7 Å². The van der Waals surface area contributed by atoms with Crippen LogP contribution in [0, 0.1) is 11.3 Å². The lowest BCUT2D eigenvalue weighted by atomic mass is 9.94. The van der Waals surface area contributed by atoms with E-state index < -0.39 is 23.2 Å². The Hall–Kier alpha value is -2.95. The van der Waals surface area contributed by atoms with Crippen molar-refractivity contribution in [3.63, 3.8) is 0 Å². The number of ether oxygens (including phenoxy) is 1. The van der Waals surface area contributed by atoms with E-state index in [0.29, 0.717) is 16.9 Å². The molecule has 140 valence electrons. The van der Waals surface area contributed by atoms with Gasteiger partial charge in [-0.25, -0.2) is 9.59 Å². The van der Waals surface area contributed by atoms with E-state index in [2.05, 4.69) is 6.07 Å². The molecule has 1 aliphatic rings. The van der Waals surface area contributed by atoms with Gasteiger partial charge in [0.2, 0.25) is 0 Å². The maximum Gasteiger partial charge on any atom is 0.410 e. The Bertz CT molecular complexity index is 765. The van der Waals surface area contributed by atoms with Crippen LogP contribution in [0.1, 0.15) is 33.3 Å². The lowest BCUT2D eigenvalue weighted by molar-refractivity contribution is -0.144. The van der Waals surface area contributed by atoms with Crippen LogP contribution in [-0.2, 0) is 9.53 Å². The summed E-state index contributed by atoms with van der Waals surface area (Å²) >= 11 is 0. The largest absolute Gasteiger partial charge is 0.479 e. The highest BCUT2D eigenvalue weighted by Gasteiger charge is 2.47. The minimum atomic E-state index is -1.41. The van der Waals surface area contributed by atoms with Crippen LogP contribution in [0.5, 0.6) is 0 Å². The molecule has 1 unspecified atom stereocenters. The fourth-order valence-electron chi connectivity index (χ4n) is 2.93. The summed E-state index contributed by atoms with van der Waals surface area (Å²) in [5.74, 6) is -1.09. The minimum absolute atomic E-state index is 0.0630. The highest BCUT2D eigenvalue weighted by Crippen LogP contribution is 2.32. The summed E-state index contributed by atoms with van der Waals surface area (Å²) < 4.78 is 5.36. The standard InChI is InChI=1S/C18H24N4O4/c1-17(2,3)26-16(25)21-7-8-22(18(4,11-21)15(23)24)14-6-5-13(20)9-12(14)10-19/h5-6,9H,7-8,11,20H2,1-4H3,(H,23,24). The highest BCUT2D eigenvalue weighted by atomic mass is 16.6. The van der Waals surface area contributed by atoms with Gasteiger partial charge in [0.05, 0.1) is 17.8 Å². The van der Waals surface area contributed by atoms with E-state index in [4.69, 9.17) is 10.5 Å². The Balaban J connectivity index is 2.36. The van der Waals surface area contributed by atoms with Crippen LogP contribution in [-0.4, -0.2) is 52.8 Å². The molecule has 1 aliphatic heterocycles.